The first-order valence-corrected chi connectivity index (χ1v) is 14.5. The van der Waals surface area contributed by atoms with E-state index in [1.807, 2.05) is 31.3 Å². The molecule has 9 nitrogen and oxygen atoms in total. The molecule has 0 aromatic heterocycles. The van der Waals surface area contributed by atoms with Gasteiger partial charge in [-0.1, -0.05) is 66.4 Å². The van der Waals surface area contributed by atoms with E-state index in [1.165, 1.54) is 11.1 Å². The number of aromatic carboxylic acids is 1. The van der Waals surface area contributed by atoms with Crippen molar-refractivity contribution in [2.45, 2.75) is 18.2 Å². The number of thioether (sulfide) groups is 1. The molecule has 1 heterocycles. The van der Waals surface area contributed by atoms with E-state index in [-0.39, 0.29) is 28.8 Å². The molecule has 4 aromatic carbocycles. The number of carboxylic acid groups (broad SMARTS) is 1. The van der Waals surface area contributed by atoms with Gasteiger partial charge in [-0.05, 0) is 76.8 Å². The van der Waals surface area contributed by atoms with Gasteiger partial charge in [0.2, 0.25) is 5.91 Å². The first-order valence-electron chi connectivity index (χ1n) is 13.7. The zero-order chi connectivity index (χ0) is 30.6. The van der Waals surface area contributed by atoms with Gasteiger partial charge >= 0.3 is 5.97 Å². The number of methoxy groups -OCH3 is 1. The highest BCUT2D eigenvalue weighted by Crippen LogP contribution is 2.26. The Bertz CT molecular complexity index is 1560. The molecule has 1 saturated heterocycles. The molecule has 0 bridgehead atoms. The summed E-state index contributed by atoms with van der Waals surface area (Å²) in [6.45, 7) is 2.00. The van der Waals surface area contributed by atoms with Crippen LogP contribution in [0.5, 0.6) is 5.75 Å². The number of carbonyl (C=O) groups excluding carboxylic acids is 2. The van der Waals surface area contributed by atoms with Gasteiger partial charge in [-0.25, -0.2) is 4.79 Å². The number of fused-ring (bicyclic) bond motifs is 1. The van der Waals surface area contributed by atoms with Gasteiger partial charge in [0.1, 0.15) is 5.75 Å². The zero-order valence-electron chi connectivity index (χ0n) is 24.0. The molecule has 3 N–H and O–H groups in total. The van der Waals surface area contributed by atoms with Gasteiger partial charge in [0.15, 0.2) is 6.79 Å². The highest BCUT2D eigenvalue weighted by molar-refractivity contribution is 8.15. The van der Waals surface area contributed by atoms with E-state index in [4.69, 9.17) is 19.3 Å². The van der Waals surface area contributed by atoms with Crippen molar-refractivity contribution in [3.8, 4) is 16.9 Å². The molecule has 5 rings (SSSR count). The van der Waals surface area contributed by atoms with Gasteiger partial charge in [0.25, 0.3) is 5.24 Å². The predicted molar refractivity (Wildman–Crippen MR) is 167 cm³/mol. The Labute approximate surface area is 254 Å². The average Bonchev–Trinajstić information content (AvgIpc) is 3.33. The lowest BCUT2D eigenvalue weighted by atomic mass is 10.0. The third kappa shape index (κ3) is 9.39. The molecule has 1 aliphatic heterocycles. The van der Waals surface area contributed by atoms with Crippen LogP contribution in [-0.2, 0) is 27.2 Å². The van der Waals surface area contributed by atoms with Gasteiger partial charge in [-0.2, -0.15) is 0 Å². The van der Waals surface area contributed by atoms with Gasteiger partial charge in [-0.3, -0.25) is 14.9 Å². The standard InChI is InChI=1S/C18H18N2O2S.C15H16O5/c1-19-11-13-3-2-4-15(9-13)14-7-5-12(6-8-14)10-16-17(21)20-18(22)23-16;1-18-6-7-19-10-20-14-5-4-11-8-13(15(16)17)3-2-12(11)9-14/h2-9,16,19H,10-11H2,1H3,(H,20,21,22);2-5,8-9H,6-7,10H2,1H3,(H,16,17). The van der Waals surface area contributed by atoms with Crippen molar-refractivity contribution in [1.82, 2.24) is 10.6 Å². The summed E-state index contributed by atoms with van der Waals surface area (Å²) in [5, 5.41) is 15.6. The minimum Gasteiger partial charge on any atom is -0.478 e. The van der Waals surface area contributed by atoms with Crippen LogP contribution < -0.4 is 15.4 Å². The summed E-state index contributed by atoms with van der Waals surface area (Å²) >= 11 is 1.07. The smallest absolute Gasteiger partial charge is 0.335 e. The number of carbonyl (C=O) groups is 3. The summed E-state index contributed by atoms with van der Waals surface area (Å²) in [6, 6.07) is 27.0. The summed E-state index contributed by atoms with van der Waals surface area (Å²) in [7, 11) is 3.54. The maximum Gasteiger partial charge on any atom is 0.335 e. The van der Waals surface area contributed by atoms with Crippen LogP contribution in [0.15, 0.2) is 84.9 Å². The second-order valence-corrected chi connectivity index (χ2v) is 10.9. The summed E-state index contributed by atoms with van der Waals surface area (Å²) in [5.74, 6) is -0.444. The van der Waals surface area contributed by atoms with E-state index in [9.17, 15) is 14.4 Å². The Hall–Kier alpha value is -4.22. The van der Waals surface area contributed by atoms with Gasteiger partial charge in [-0.15, -0.1) is 0 Å². The number of rotatable bonds is 12. The Morgan fingerprint density at radius 1 is 0.907 bits per heavy atom. The molecule has 0 aliphatic carbocycles. The van der Waals surface area contributed by atoms with Crippen LogP contribution in [0.1, 0.15) is 21.5 Å². The molecule has 43 heavy (non-hydrogen) atoms. The summed E-state index contributed by atoms with van der Waals surface area (Å²) in [5.41, 5.74) is 4.89. The normalized spacial score (nSPS) is 14.2. The quantitative estimate of drug-likeness (QED) is 0.142. The lowest BCUT2D eigenvalue weighted by Crippen LogP contribution is -2.25. The van der Waals surface area contributed by atoms with E-state index in [2.05, 4.69) is 47.0 Å². The lowest BCUT2D eigenvalue weighted by molar-refractivity contribution is -0.118. The topological polar surface area (TPSA) is 123 Å². The van der Waals surface area contributed by atoms with Crippen LogP contribution in [-0.4, -0.2) is 61.6 Å². The fourth-order valence-corrected chi connectivity index (χ4v) is 5.26. The van der Waals surface area contributed by atoms with Crippen LogP contribution in [0, 0.1) is 0 Å². The number of hydrogen-bond acceptors (Lipinski definition) is 8. The van der Waals surface area contributed by atoms with E-state index in [0.717, 1.165) is 40.2 Å². The molecule has 224 valence electrons. The minimum absolute atomic E-state index is 0.155. The molecular formula is C33H34N2O7S. The molecule has 0 radical (unpaired) electrons. The second kappa shape index (κ2) is 15.9. The summed E-state index contributed by atoms with van der Waals surface area (Å²) in [4.78, 5) is 33.7. The van der Waals surface area contributed by atoms with E-state index >= 15 is 0 Å². The highest BCUT2D eigenvalue weighted by Gasteiger charge is 2.31. The molecular weight excluding hydrogens is 568 g/mol. The summed E-state index contributed by atoms with van der Waals surface area (Å²) < 4.78 is 15.5. The van der Waals surface area contributed by atoms with Crippen molar-refractivity contribution >= 4 is 39.7 Å². The molecule has 0 saturated carbocycles. The minimum atomic E-state index is -0.932. The molecule has 0 spiro atoms. The highest BCUT2D eigenvalue weighted by atomic mass is 32.2. The van der Waals surface area contributed by atoms with Gasteiger partial charge in [0, 0.05) is 13.7 Å². The van der Waals surface area contributed by atoms with Gasteiger partial charge < -0.3 is 24.6 Å². The largest absolute Gasteiger partial charge is 0.478 e. The van der Waals surface area contributed by atoms with Crippen LogP contribution in [0.2, 0.25) is 0 Å². The first-order chi connectivity index (χ1) is 20.9. The molecule has 4 aromatic rings. The Balaban J connectivity index is 0.000000199. The van der Waals surface area contributed by atoms with E-state index < -0.39 is 5.97 Å². The number of amides is 2. The lowest BCUT2D eigenvalue weighted by Gasteiger charge is -2.08. The maximum absolute atomic E-state index is 11.6. The van der Waals surface area contributed by atoms with Crippen molar-refractivity contribution in [3.05, 3.63) is 102 Å². The fourth-order valence-electron chi connectivity index (χ4n) is 4.40. The fraction of sp³-hybridized carbons (Fsp3) is 0.242. The van der Waals surface area contributed by atoms with Gasteiger partial charge in [0.05, 0.1) is 24.0 Å². The van der Waals surface area contributed by atoms with Crippen molar-refractivity contribution in [3.63, 3.8) is 0 Å². The van der Waals surface area contributed by atoms with Crippen molar-refractivity contribution in [1.29, 1.82) is 0 Å². The van der Waals surface area contributed by atoms with Crippen LogP contribution in [0.3, 0.4) is 0 Å². The summed E-state index contributed by atoms with van der Waals surface area (Å²) in [6.07, 6.45) is 0.572. The monoisotopic (exact) mass is 602 g/mol. The van der Waals surface area contributed by atoms with E-state index in [1.54, 1.807) is 31.4 Å². The SMILES string of the molecule is CNCc1cccc(-c2ccc(CC3SC(=O)NC3=O)cc2)c1.COCCOCOc1ccc2cc(C(=O)O)ccc2c1. The maximum atomic E-state index is 11.6. The number of nitrogens with one attached hydrogen (secondary N) is 2. The molecule has 1 fully saturated rings. The van der Waals surface area contributed by atoms with Crippen LogP contribution in [0.25, 0.3) is 21.9 Å². The second-order valence-electron chi connectivity index (χ2n) is 9.71. The van der Waals surface area contributed by atoms with Crippen molar-refractivity contribution in [2.75, 3.05) is 34.2 Å². The van der Waals surface area contributed by atoms with Crippen LogP contribution >= 0.6 is 11.8 Å². The van der Waals surface area contributed by atoms with Crippen LogP contribution in [0.4, 0.5) is 4.79 Å². The molecule has 1 unspecified atom stereocenters. The molecule has 1 atom stereocenters. The number of benzene rings is 4. The average molecular weight is 603 g/mol. The molecule has 2 amide bonds. The van der Waals surface area contributed by atoms with E-state index in [0.29, 0.717) is 25.4 Å². The number of hydrogen-bond donors (Lipinski definition) is 3. The third-order valence-corrected chi connectivity index (χ3v) is 7.56. The number of ether oxygens (including phenoxy) is 3. The predicted octanol–water partition coefficient (Wildman–Crippen LogP) is 5.50. The van der Waals surface area contributed by atoms with Crippen molar-refractivity contribution in [2.24, 2.45) is 0 Å². The zero-order valence-corrected chi connectivity index (χ0v) is 24.8. The molecule has 10 heteroatoms. The third-order valence-electron chi connectivity index (χ3n) is 6.58. The Kier molecular flexibility index (Phi) is 11.7. The number of carboxylic acids is 1. The first kappa shape index (κ1) is 31.7. The number of imide groups is 1. The van der Waals surface area contributed by atoms with Crippen molar-refractivity contribution < 1.29 is 33.7 Å². The Morgan fingerprint density at radius 3 is 2.37 bits per heavy atom. The Morgan fingerprint density at radius 2 is 1.67 bits per heavy atom. The molecule has 1 aliphatic rings.